The molecular formula is C20H33N5O3. The lowest BCUT2D eigenvalue weighted by Gasteiger charge is -2.21. The molecule has 0 amide bonds. The molecule has 0 aromatic carbocycles. The van der Waals surface area contributed by atoms with Gasteiger partial charge in [0.25, 0.3) is 6.01 Å². The van der Waals surface area contributed by atoms with E-state index in [1.807, 2.05) is 11.5 Å². The quantitative estimate of drug-likeness (QED) is 0.618. The van der Waals surface area contributed by atoms with Gasteiger partial charge in [0.05, 0.1) is 13.2 Å². The van der Waals surface area contributed by atoms with Crippen LogP contribution in [0, 0.1) is 5.92 Å². The summed E-state index contributed by atoms with van der Waals surface area (Å²) in [6.07, 6.45) is 7.80. The lowest BCUT2D eigenvalue weighted by Crippen LogP contribution is -2.15. The molecule has 2 aromatic rings. The first-order valence-electron chi connectivity index (χ1n) is 10.4. The van der Waals surface area contributed by atoms with Crippen LogP contribution in [-0.4, -0.2) is 45.9 Å². The number of methoxy groups -OCH3 is 1. The maximum absolute atomic E-state index is 6.12. The molecule has 0 spiro atoms. The van der Waals surface area contributed by atoms with Crippen LogP contribution in [0.2, 0.25) is 0 Å². The second kappa shape index (κ2) is 9.91. The molecular weight excluding hydrogens is 358 g/mol. The molecule has 2 aromatic heterocycles. The van der Waals surface area contributed by atoms with Gasteiger partial charge >= 0.3 is 6.01 Å². The topological polar surface area (TPSA) is 97.3 Å². The number of fused-ring (bicyclic) bond motifs is 1. The Labute approximate surface area is 166 Å². The van der Waals surface area contributed by atoms with Crippen LogP contribution in [0.15, 0.2) is 0 Å². The molecule has 8 nitrogen and oxygen atoms in total. The third-order valence-electron chi connectivity index (χ3n) is 5.34. The summed E-state index contributed by atoms with van der Waals surface area (Å²) >= 11 is 0. The first kappa shape index (κ1) is 20.6. The number of hydrogen-bond acceptors (Lipinski definition) is 7. The van der Waals surface area contributed by atoms with Crippen molar-refractivity contribution in [2.24, 2.45) is 5.92 Å². The zero-order chi connectivity index (χ0) is 19.9. The minimum absolute atomic E-state index is 0.0413. The van der Waals surface area contributed by atoms with Gasteiger partial charge in [-0.25, -0.2) is 0 Å². The number of ether oxygens (including phenoxy) is 3. The van der Waals surface area contributed by atoms with Crippen molar-refractivity contribution in [1.82, 2.24) is 19.5 Å². The Morgan fingerprint density at radius 1 is 1.21 bits per heavy atom. The zero-order valence-corrected chi connectivity index (χ0v) is 17.3. The van der Waals surface area contributed by atoms with Crippen molar-refractivity contribution >= 4 is 17.0 Å². The number of aromatic nitrogens is 4. The first-order chi connectivity index (χ1) is 13.6. The number of nitrogens with two attached hydrogens (primary N) is 1. The highest BCUT2D eigenvalue weighted by atomic mass is 16.5. The molecule has 0 radical (unpaired) electrons. The maximum Gasteiger partial charge on any atom is 0.320 e. The number of aryl methyl sites for hydroxylation is 1. The summed E-state index contributed by atoms with van der Waals surface area (Å²) in [7, 11) is 1.62. The average molecular weight is 392 g/mol. The van der Waals surface area contributed by atoms with Crippen molar-refractivity contribution < 1.29 is 14.2 Å². The third kappa shape index (κ3) is 5.04. The van der Waals surface area contributed by atoms with E-state index in [4.69, 9.17) is 19.9 Å². The Bertz CT molecular complexity index is 758. The second-order valence-electron chi connectivity index (χ2n) is 7.58. The maximum atomic E-state index is 6.12. The van der Waals surface area contributed by atoms with Crippen molar-refractivity contribution in [2.45, 2.75) is 71.4 Å². The number of hydrogen-bond donors (Lipinski definition) is 1. The zero-order valence-electron chi connectivity index (χ0n) is 17.3. The van der Waals surface area contributed by atoms with E-state index in [1.54, 1.807) is 7.11 Å². The number of imidazole rings is 1. The van der Waals surface area contributed by atoms with E-state index in [2.05, 4.69) is 21.9 Å². The van der Waals surface area contributed by atoms with E-state index in [0.717, 1.165) is 51.4 Å². The first-order valence-corrected chi connectivity index (χ1v) is 10.4. The molecule has 1 atom stereocenters. The van der Waals surface area contributed by atoms with Crippen LogP contribution >= 0.6 is 0 Å². The van der Waals surface area contributed by atoms with Crippen LogP contribution < -0.4 is 15.2 Å². The molecule has 1 saturated heterocycles. The van der Waals surface area contributed by atoms with Crippen molar-refractivity contribution in [3.05, 3.63) is 0 Å². The average Bonchev–Trinajstić information content (AvgIpc) is 3.04. The van der Waals surface area contributed by atoms with Gasteiger partial charge in [0.15, 0.2) is 17.0 Å². The lowest BCUT2D eigenvalue weighted by molar-refractivity contribution is 0.0630. The Balaban J connectivity index is 1.70. The highest BCUT2D eigenvalue weighted by molar-refractivity contribution is 5.83. The number of unbranched alkanes of at least 4 members (excludes halogenated alkanes) is 1. The molecule has 3 heterocycles. The number of anilines is 1. The molecule has 0 bridgehead atoms. The van der Waals surface area contributed by atoms with E-state index < -0.39 is 0 Å². The SMILES string of the molecule is CCC[C@@H](C)Oc1nc(N)c2nc(OC)n(CCCCC3CCOCC3)c2n1. The van der Waals surface area contributed by atoms with Crippen molar-refractivity contribution in [2.75, 3.05) is 26.1 Å². The number of nitrogens with zero attached hydrogens (tertiary/aromatic N) is 4. The normalized spacial score (nSPS) is 16.4. The minimum atomic E-state index is 0.0413. The van der Waals surface area contributed by atoms with Crippen LogP contribution in [0.25, 0.3) is 11.2 Å². The predicted molar refractivity (Wildman–Crippen MR) is 109 cm³/mol. The largest absolute Gasteiger partial charge is 0.468 e. The van der Waals surface area contributed by atoms with Gasteiger partial charge in [0.1, 0.15) is 0 Å². The fourth-order valence-corrected chi connectivity index (χ4v) is 3.77. The molecule has 0 aliphatic carbocycles. The molecule has 2 N–H and O–H groups in total. The van der Waals surface area contributed by atoms with Crippen LogP contribution in [0.5, 0.6) is 12.0 Å². The van der Waals surface area contributed by atoms with E-state index in [-0.39, 0.29) is 6.10 Å². The summed E-state index contributed by atoms with van der Waals surface area (Å²) < 4.78 is 18.7. The summed E-state index contributed by atoms with van der Waals surface area (Å²) in [5, 5.41) is 0. The van der Waals surface area contributed by atoms with Crippen molar-refractivity contribution in [1.29, 1.82) is 0 Å². The van der Waals surface area contributed by atoms with Crippen LogP contribution in [0.1, 0.15) is 58.8 Å². The summed E-state index contributed by atoms with van der Waals surface area (Å²) in [5.41, 5.74) is 7.36. The van der Waals surface area contributed by atoms with E-state index in [0.29, 0.717) is 29.0 Å². The standard InChI is InChI=1S/C20H33N5O3/c1-4-7-14(2)28-19-23-17(21)16-18(24-19)25(20(22-16)26-3)11-6-5-8-15-9-12-27-13-10-15/h14-15H,4-13H2,1-3H3,(H2,21,23,24)/t14-/m1/s1. The number of rotatable bonds is 10. The molecule has 0 saturated carbocycles. The predicted octanol–water partition coefficient (Wildman–Crippen LogP) is 3.58. The fourth-order valence-electron chi connectivity index (χ4n) is 3.77. The van der Waals surface area contributed by atoms with Gasteiger partial charge in [-0.05, 0) is 38.5 Å². The summed E-state index contributed by atoms with van der Waals surface area (Å²) in [6, 6.07) is 0.817. The third-order valence-corrected chi connectivity index (χ3v) is 5.34. The molecule has 28 heavy (non-hydrogen) atoms. The van der Waals surface area contributed by atoms with Gasteiger partial charge in [-0.2, -0.15) is 15.0 Å². The molecule has 3 rings (SSSR count). The van der Waals surface area contributed by atoms with Gasteiger partial charge in [0.2, 0.25) is 0 Å². The molecule has 8 heteroatoms. The van der Waals surface area contributed by atoms with Crippen LogP contribution in [0.4, 0.5) is 5.82 Å². The van der Waals surface area contributed by atoms with Gasteiger partial charge in [-0.1, -0.05) is 26.2 Å². The Kier molecular flexibility index (Phi) is 7.30. The Morgan fingerprint density at radius 2 is 2.00 bits per heavy atom. The van der Waals surface area contributed by atoms with Crippen LogP contribution in [0.3, 0.4) is 0 Å². The highest BCUT2D eigenvalue weighted by Gasteiger charge is 2.19. The monoisotopic (exact) mass is 391 g/mol. The van der Waals surface area contributed by atoms with Crippen molar-refractivity contribution in [3.8, 4) is 12.0 Å². The van der Waals surface area contributed by atoms with E-state index in [9.17, 15) is 0 Å². The Morgan fingerprint density at radius 3 is 2.71 bits per heavy atom. The van der Waals surface area contributed by atoms with Crippen molar-refractivity contribution in [3.63, 3.8) is 0 Å². The number of nitrogen functional groups attached to an aromatic ring is 1. The minimum Gasteiger partial charge on any atom is -0.468 e. The summed E-state index contributed by atoms with van der Waals surface area (Å²) in [6.45, 7) is 6.73. The van der Waals surface area contributed by atoms with E-state index in [1.165, 1.54) is 19.3 Å². The molecule has 1 aliphatic heterocycles. The molecule has 1 aliphatic rings. The smallest absolute Gasteiger partial charge is 0.320 e. The highest BCUT2D eigenvalue weighted by Crippen LogP contribution is 2.27. The van der Waals surface area contributed by atoms with Gasteiger partial charge in [-0.3, -0.25) is 4.57 Å². The van der Waals surface area contributed by atoms with Gasteiger partial charge < -0.3 is 19.9 Å². The van der Waals surface area contributed by atoms with E-state index >= 15 is 0 Å². The summed E-state index contributed by atoms with van der Waals surface area (Å²) in [5.74, 6) is 1.11. The molecule has 156 valence electrons. The van der Waals surface area contributed by atoms with Crippen LogP contribution in [-0.2, 0) is 11.3 Å². The molecule has 0 unspecified atom stereocenters. The lowest BCUT2D eigenvalue weighted by atomic mass is 9.94. The van der Waals surface area contributed by atoms with Gasteiger partial charge in [-0.15, -0.1) is 0 Å². The summed E-state index contributed by atoms with van der Waals surface area (Å²) in [4.78, 5) is 13.3. The van der Waals surface area contributed by atoms with Gasteiger partial charge in [0, 0.05) is 19.8 Å². The fraction of sp³-hybridized carbons (Fsp3) is 0.750. The second-order valence-corrected chi connectivity index (χ2v) is 7.58. The Hall–Kier alpha value is -2.09. The molecule has 1 fully saturated rings.